The third kappa shape index (κ3) is 3.08. The molecule has 0 saturated carbocycles. The van der Waals surface area contributed by atoms with E-state index in [1.807, 2.05) is 0 Å². The lowest BCUT2D eigenvalue weighted by molar-refractivity contribution is 0.231. The quantitative estimate of drug-likeness (QED) is 0.485. The molecule has 0 radical (unpaired) electrons. The van der Waals surface area contributed by atoms with E-state index in [1.165, 1.54) is 24.6 Å². The maximum atomic E-state index is 5.21. The summed E-state index contributed by atoms with van der Waals surface area (Å²) in [5.41, 5.74) is 0. The summed E-state index contributed by atoms with van der Waals surface area (Å²) in [5, 5.41) is 0. The van der Waals surface area contributed by atoms with Crippen LogP contribution < -0.4 is 0 Å². The van der Waals surface area contributed by atoms with Crippen LogP contribution in [-0.4, -0.2) is 35.5 Å². The molecule has 0 aromatic heterocycles. The van der Waals surface area contributed by atoms with Crippen LogP contribution in [-0.2, 0) is 0 Å². The molecule has 0 aromatic carbocycles. The molecule has 1 atom stereocenters. The Morgan fingerprint density at radius 1 is 1.67 bits per heavy atom. The Labute approximate surface area is 79.9 Å². The van der Waals surface area contributed by atoms with Crippen molar-refractivity contribution >= 4 is 11.8 Å². The first-order valence-corrected chi connectivity index (χ1v) is 5.75. The van der Waals surface area contributed by atoms with Crippen LogP contribution in [0.5, 0.6) is 0 Å². The molecule has 0 N–H and O–H groups in total. The van der Waals surface area contributed by atoms with Crippen molar-refractivity contribution in [2.45, 2.75) is 25.8 Å². The van der Waals surface area contributed by atoms with Crippen molar-refractivity contribution in [1.29, 1.82) is 0 Å². The number of hydrogen-bond donors (Lipinski definition) is 0. The number of thioether (sulfide) groups is 1. The van der Waals surface area contributed by atoms with Gasteiger partial charge < -0.3 is 0 Å². The minimum Gasteiger partial charge on any atom is -0.299 e. The highest BCUT2D eigenvalue weighted by atomic mass is 32.2. The number of terminal acetylenes is 1. The van der Waals surface area contributed by atoms with E-state index in [2.05, 4.69) is 29.5 Å². The number of unbranched alkanes of at least 4 members (excludes halogenated alkanes) is 1. The van der Waals surface area contributed by atoms with Gasteiger partial charge in [-0.05, 0) is 19.9 Å². The second-order valence-electron chi connectivity index (χ2n) is 3.27. The lowest BCUT2D eigenvalue weighted by Gasteiger charge is -2.32. The zero-order chi connectivity index (χ0) is 8.81. The van der Waals surface area contributed by atoms with E-state index in [9.17, 15) is 0 Å². The van der Waals surface area contributed by atoms with Gasteiger partial charge in [0.2, 0.25) is 0 Å². The second kappa shape index (κ2) is 5.50. The molecule has 0 aliphatic carbocycles. The summed E-state index contributed by atoms with van der Waals surface area (Å²) >= 11 is 2.06. The molecule has 1 nitrogen and oxygen atoms in total. The molecule has 1 heterocycles. The van der Waals surface area contributed by atoms with Crippen LogP contribution >= 0.6 is 11.8 Å². The van der Waals surface area contributed by atoms with Gasteiger partial charge in [-0.25, -0.2) is 0 Å². The van der Waals surface area contributed by atoms with E-state index in [-0.39, 0.29) is 0 Å². The molecule has 1 saturated heterocycles. The Bertz CT molecular complexity index is 162. The molecule has 2 heteroatoms. The van der Waals surface area contributed by atoms with Gasteiger partial charge in [-0.3, -0.25) is 4.90 Å². The first-order chi connectivity index (χ1) is 5.84. The molecule has 1 aliphatic heterocycles. The van der Waals surface area contributed by atoms with E-state index in [1.54, 1.807) is 0 Å². The monoisotopic (exact) mass is 183 g/mol. The van der Waals surface area contributed by atoms with Crippen molar-refractivity contribution in [3.05, 3.63) is 0 Å². The van der Waals surface area contributed by atoms with Gasteiger partial charge in [-0.1, -0.05) is 0 Å². The first-order valence-electron chi connectivity index (χ1n) is 4.60. The largest absolute Gasteiger partial charge is 0.299 e. The highest BCUT2D eigenvalue weighted by molar-refractivity contribution is 7.99. The fourth-order valence-electron chi connectivity index (χ4n) is 1.48. The summed E-state index contributed by atoms with van der Waals surface area (Å²) in [6.07, 6.45) is 7.29. The van der Waals surface area contributed by atoms with Crippen LogP contribution in [0.15, 0.2) is 0 Å². The van der Waals surface area contributed by atoms with Gasteiger partial charge in [0.25, 0.3) is 0 Å². The molecule has 68 valence electrons. The van der Waals surface area contributed by atoms with Crippen molar-refractivity contribution in [1.82, 2.24) is 4.90 Å². The Kier molecular flexibility index (Phi) is 4.57. The zero-order valence-electron chi connectivity index (χ0n) is 7.75. The third-order valence-electron chi connectivity index (χ3n) is 2.27. The molecular weight excluding hydrogens is 166 g/mol. The summed E-state index contributed by atoms with van der Waals surface area (Å²) in [7, 11) is 0. The summed E-state index contributed by atoms with van der Waals surface area (Å²) in [5.74, 6) is 5.27. The van der Waals surface area contributed by atoms with Crippen LogP contribution in [0, 0.1) is 12.3 Å². The Morgan fingerprint density at radius 3 is 3.17 bits per heavy atom. The maximum absolute atomic E-state index is 5.21. The SMILES string of the molecule is C#CCCCN1CCSCC1C. The highest BCUT2D eigenvalue weighted by Gasteiger charge is 2.16. The van der Waals surface area contributed by atoms with Gasteiger partial charge >= 0.3 is 0 Å². The Hall–Kier alpha value is -0.130. The van der Waals surface area contributed by atoms with Crippen molar-refractivity contribution in [2.75, 3.05) is 24.6 Å². The molecule has 1 unspecified atom stereocenters. The van der Waals surface area contributed by atoms with E-state index in [0.29, 0.717) is 0 Å². The molecular formula is C10H17NS. The maximum Gasteiger partial charge on any atom is 0.0158 e. The summed E-state index contributed by atoms with van der Waals surface area (Å²) in [6, 6.07) is 0.751. The highest BCUT2D eigenvalue weighted by Crippen LogP contribution is 2.15. The van der Waals surface area contributed by atoms with Gasteiger partial charge in [0.1, 0.15) is 0 Å². The lowest BCUT2D eigenvalue weighted by atomic mass is 10.2. The summed E-state index contributed by atoms with van der Waals surface area (Å²) in [4.78, 5) is 2.55. The van der Waals surface area contributed by atoms with Crippen molar-refractivity contribution in [3.8, 4) is 12.3 Å². The standard InChI is InChI=1S/C10H17NS/c1-3-4-5-6-11-7-8-12-9-10(11)2/h1,10H,4-9H2,2H3. The Morgan fingerprint density at radius 2 is 2.50 bits per heavy atom. The molecule has 1 aliphatic rings. The molecule has 0 spiro atoms. The van der Waals surface area contributed by atoms with Gasteiger partial charge in [0, 0.05) is 30.5 Å². The van der Waals surface area contributed by atoms with E-state index >= 15 is 0 Å². The van der Waals surface area contributed by atoms with Crippen LogP contribution in [0.4, 0.5) is 0 Å². The van der Waals surface area contributed by atoms with E-state index in [4.69, 9.17) is 6.42 Å². The van der Waals surface area contributed by atoms with Gasteiger partial charge in [0.05, 0.1) is 0 Å². The Balaban J connectivity index is 2.16. The molecule has 12 heavy (non-hydrogen) atoms. The number of rotatable bonds is 3. The van der Waals surface area contributed by atoms with Crippen LogP contribution in [0.3, 0.4) is 0 Å². The van der Waals surface area contributed by atoms with E-state index < -0.39 is 0 Å². The van der Waals surface area contributed by atoms with Crippen molar-refractivity contribution in [3.63, 3.8) is 0 Å². The molecule has 0 bridgehead atoms. The number of hydrogen-bond acceptors (Lipinski definition) is 2. The number of nitrogens with zero attached hydrogens (tertiary/aromatic N) is 1. The predicted octanol–water partition coefficient (Wildman–Crippen LogP) is 1.84. The molecule has 0 amide bonds. The third-order valence-corrected chi connectivity index (χ3v) is 3.46. The second-order valence-corrected chi connectivity index (χ2v) is 4.42. The van der Waals surface area contributed by atoms with Crippen LogP contribution in [0.2, 0.25) is 0 Å². The molecule has 1 fully saturated rings. The first kappa shape index (κ1) is 9.95. The van der Waals surface area contributed by atoms with E-state index in [0.717, 1.165) is 18.9 Å². The summed E-state index contributed by atoms with van der Waals surface area (Å²) in [6.45, 7) is 4.74. The lowest BCUT2D eigenvalue weighted by Crippen LogP contribution is -2.40. The normalized spacial score (nSPS) is 25.2. The fraction of sp³-hybridized carbons (Fsp3) is 0.800. The minimum absolute atomic E-state index is 0.751. The van der Waals surface area contributed by atoms with Crippen LogP contribution in [0.25, 0.3) is 0 Å². The average Bonchev–Trinajstić information content (AvgIpc) is 2.09. The minimum atomic E-state index is 0.751. The van der Waals surface area contributed by atoms with Gasteiger partial charge in [0.15, 0.2) is 0 Å². The zero-order valence-corrected chi connectivity index (χ0v) is 8.57. The predicted molar refractivity (Wildman–Crippen MR) is 56.4 cm³/mol. The van der Waals surface area contributed by atoms with Crippen molar-refractivity contribution < 1.29 is 0 Å². The molecule has 1 rings (SSSR count). The summed E-state index contributed by atoms with van der Waals surface area (Å²) < 4.78 is 0. The molecule has 0 aromatic rings. The topological polar surface area (TPSA) is 3.24 Å². The van der Waals surface area contributed by atoms with Crippen LogP contribution in [0.1, 0.15) is 19.8 Å². The van der Waals surface area contributed by atoms with Crippen molar-refractivity contribution in [2.24, 2.45) is 0 Å². The van der Waals surface area contributed by atoms with Gasteiger partial charge in [-0.15, -0.1) is 12.3 Å². The smallest absolute Gasteiger partial charge is 0.0158 e. The fourth-order valence-corrected chi connectivity index (χ4v) is 2.56. The average molecular weight is 183 g/mol. The van der Waals surface area contributed by atoms with Gasteiger partial charge in [-0.2, -0.15) is 11.8 Å².